The van der Waals surface area contributed by atoms with Crippen molar-refractivity contribution in [2.75, 3.05) is 6.54 Å². The van der Waals surface area contributed by atoms with Crippen LogP contribution in [0.4, 0.5) is 0 Å². The summed E-state index contributed by atoms with van der Waals surface area (Å²) in [5, 5.41) is 6.41. The number of nitrogens with one attached hydrogen (secondary N) is 1. The molecular formula is C20H23NOS. The molecule has 4 saturated carbocycles. The molecule has 3 heteroatoms. The molecule has 23 heavy (non-hydrogen) atoms. The summed E-state index contributed by atoms with van der Waals surface area (Å²) < 4.78 is 1.20. The van der Waals surface area contributed by atoms with Crippen LogP contribution in [0.5, 0.6) is 0 Å². The number of hydrogen-bond acceptors (Lipinski definition) is 2. The number of amides is 1. The van der Waals surface area contributed by atoms with Crippen molar-refractivity contribution in [2.45, 2.75) is 38.5 Å². The lowest BCUT2D eigenvalue weighted by atomic mass is 9.49. The van der Waals surface area contributed by atoms with E-state index in [2.05, 4.69) is 17.4 Å². The van der Waals surface area contributed by atoms with E-state index in [1.165, 1.54) is 43.2 Å². The van der Waals surface area contributed by atoms with Gasteiger partial charge >= 0.3 is 0 Å². The van der Waals surface area contributed by atoms with Crippen molar-refractivity contribution < 1.29 is 4.79 Å². The largest absolute Gasteiger partial charge is 0.351 e. The van der Waals surface area contributed by atoms with E-state index in [4.69, 9.17) is 0 Å². The van der Waals surface area contributed by atoms with Gasteiger partial charge in [-0.25, -0.2) is 0 Å². The lowest BCUT2D eigenvalue weighted by Crippen LogP contribution is -2.51. The molecule has 0 spiro atoms. The van der Waals surface area contributed by atoms with Gasteiger partial charge < -0.3 is 5.32 Å². The van der Waals surface area contributed by atoms with Gasteiger partial charge in [-0.1, -0.05) is 18.2 Å². The van der Waals surface area contributed by atoms with Crippen molar-refractivity contribution in [3.8, 4) is 0 Å². The Labute approximate surface area is 141 Å². The van der Waals surface area contributed by atoms with Crippen molar-refractivity contribution in [3.05, 3.63) is 35.2 Å². The maximum absolute atomic E-state index is 12.7. The van der Waals surface area contributed by atoms with Crippen molar-refractivity contribution in [2.24, 2.45) is 23.2 Å². The first-order valence-corrected chi connectivity index (χ1v) is 9.83. The minimum absolute atomic E-state index is 0.123. The molecular weight excluding hydrogens is 302 g/mol. The molecule has 0 radical (unpaired) electrons. The van der Waals surface area contributed by atoms with Crippen LogP contribution < -0.4 is 5.32 Å². The summed E-state index contributed by atoms with van der Waals surface area (Å²) in [7, 11) is 0. The standard InChI is InChI=1S/C20H23NOS/c22-19(17-11-23-18-4-2-1-3-16(17)18)21-12-20-8-13-5-14(9-20)7-15(6-13)10-20/h1-4,11,13-15H,5-10,12H2,(H,21,22). The fourth-order valence-electron chi connectivity index (χ4n) is 6.02. The third kappa shape index (κ3) is 2.32. The second-order valence-corrected chi connectivity index (χ2v) is 9.16. The molecule has 6 rings (SSSR count). The summed E-state index contributed by atoms with van der Waals surface area (Å²) in [6.45, 7) is 0.888. The Kier molecular flexibility index (Phi) is 3.09. The zero-order valence-electron chi connectivity index (χ0n) is 13.4. The van der Waals surface area contributed by atoms with Crippen molar-refractivity contribution in [3.63, 3.8) is 0 Å². The van der Waals surface area contributed by atoms with Crippen LogP contribution in [0.15, 0.2) is 29.6 Å². The summed E-state index contributed by atoms with van der Waals surface area (Å²) in [4.78, 5) is 12.7. The molecule has 2 aromatic rings. The molecule has 1 N–H and O–H groups in total. The van der Waals surface area contributed by atoms with Gasteiger partial charge in [0, 0.05) is 22.0 Å². The van der Waals surface area contributed by atoms with Gasteiger partial charge in [0.2, 0.25) is 0 Å². The third-order valence-electron chi connectivity index (χ3n) is 6.51. The van der Waals surface area contributed by atoms with Gasteiger partial charge in [-0.15, -0.1) is 11.3 Å². The van der Waals surface area contributed by atoms with Gasteiger partial charge in [0.15, 0.2) is 0 Å². The zero-order valence-corrected chi connectivity index (χ0v) is 14.2. The molecule has 1 aromatic carbocycles. The zero-order chi connectivity index (χ0) is 15.4. The van der Waals surface area contributed by atoms with Gasteiger partial charge in [0.25, 0.3) is 5.91 Å². The van der Waals surface area contributed by atoms with Crippen LogP contribution in [-0.4, -0.2) is 12.5 Å². The minimum atomic E-state index is 0.123. The van der Waals surface area contributed by atoms with E-state index >= 15 is 0 Å². The van der Waals surface area contributed by atoms with Gasteiger partial charge in [-0.3, -0.25) is 4.79 Å². The number of hydrogen-bond donors (Lipinski definition) is 1. The highest BCUT2D eigenvalue weighted by Gasteiger charge is 2.50. The van der Waals surface area contributed by atoms with Crippen LogP contribution in [0.3, 0.4) is 0 Å². The molecule has 0 saturated heterocycles. The first-order valence-electron chi connectivity index (χ1n) is 8.95. The van der Waals surface area contributed by atoms with E-state index in [0.717, 1.165) is 35.2 Å². The highest BCUT2D eigenvalue weighted by atomic mass is 32.1. The van der Waals surface area contributed by atoms with E-state index < -0.39 is 0 Å². The van der Waals surface area contributed by atoms with Gasteiger partial charge in [-0.2, -0.15) is 0 Å². The van der Waals surface area contributed by atoms with E-state index in [9.17, 15) is 4.79 Å². The maximum atomic E-state index is 12.7. The predicted octanol–water partition coefficient (Wildman–Crippen LogP) is 4.85. The first-order chi connectivity index (χ1) is 11.2. The van der Waals surface area contributed by atoms with E-state index in [1.807, 2.05) is 17.5 Å². The first kappa shape index (κ1) is 14.0. The van der Waals surface area contributed by atoms with Gasteiger partial charge in [0.1, 0.15) is 0 Å². The Morgan fingerprint density at radius 1 is 1.09 bits per heavy atom. The number of carbonyl (C=O) groups excluding carboxylic acids is 1. The van der Waals surface area contributed by atoms with Crippen LogP contribution in [0.25, 0.3) is 10.1 Å². The molecule has 4 aliphatic rings. The Bertz CT molecular complexity index is 727. The van der Waals surface area contributed by atoms with Crippen LogP contribution in [-0.2, 0) is 0 Å². The maximum Gasteiger partial charge on any atom is 0.252 e. The second-order valence-electron chi connectivity index (χ2n) is 8.25. The van der Waals surface area contributed by atoms with E-state index in [1.54, 1.807) is 11.3 Å². The molecule has 1 heterocycles. The number of thiophene rings is 1. The fraction of sp³-hybridized carbons (Fsp3) is 0.550. The Morgan fingerprint density at radius 3 is 2.43 bits per heavy atom. The lowest BCUT2D eigenvalue weighted by Gasteiger charge is -2.56. The number of fused-ring (bicyclic) bond motifs is 1. The fourth-order valence-corrected chi connectivity index (χ4v) is 6.96. The number of carbonyl (C=O) groups is 1. The molecule has 0 atom stereocenters. The third-order valence-corrected chi connectivity index (χ3v) is 7.48. The highest BCUT2D eigenvalue weighted by Crippen LogP contribution is 2.59. The van der Waals surface area contributed by atoms with Crippen molar-refractivity contribution in [1.82, 2.24) is 5.32 Å². The Hall–Kier alpha value is -1.35. The van der Waals surface area contributed by atoms with Crippen LogP contribution in [0.1, 0.15) is 48.9 Å². The predicted molar refractivity (Wildman–Crippen MR) is 94.8 cm³/mol. The molecule has 4 bridgehead atoms. The van der Waals surface area contributed by atoms with Gasteiger partial charge in [-0.05, 0) is 67.8 Å². The summed E-state index contributed by atoms with van der Waals surface area (Å²) in [5.74, 6) is 2.96. The average Bonchev–Trinajstić information content (AvgIpc) is 2.95. The highest BCUT2D eigenvalue weighted by molar-refractivity contribution is 7.17. The van der Waals surface area contributed by atoms with E-state index in [0.29, 0.717) is 5.41 Å². The average molecular weight is 325 g/mol. The Morgan fingerprint density at radius 2 is 1.74 bits per heavy atom. The lowest BCUT2D eigenvalue weighted by molar-refractivity contribution is -0.0503. The quantitative estimate of drug-likeness (QED) is 0.859. The SMILES string of the molecule is O=C(NCC12CC3CC(CC(C3)C1)C2)c1csc2ccccc12. The summed E-state index contributed by atoms with van der Waals surface area (Å²) in [6, 6.07) is 8.21. The topological polar surface area (TPSA) is 29.1 Å². The van der Waals surface area contributed by atoms with Crippen molar-refractivity contribution >= 4 is 27.3 Å². The molecule has 2 nitrogen and oxygen atoms in total. The molecule has 4 aliphatic carbocycles. The second kappa shape index (κ2) is 5.07. The number of rotatable bonds is 3. The number of benzene rings is 1. The molecule has 0 aliphatic heterocycles. The molecule has 120 valence electrons. The molecule has 1 amide bonds. The van der Waals surface area contributed by atoms with Crippen LogP contribution >= 0.6 is 11.3 Å². The molecule has 0 unspecified atom stereocenters. The summed E-state index contributed by atoms with van der Waals surface area (Å²) in [6.07, 6.45) is 8.43. The molecule has 4 fully saturated rings. The van der Waals surface area contributed by atoms with Crippen LogP contribution in [0.2, 0.25) is 0 Å². The summed E-state index contributed by atoms with van der Waals surface area (Å²) >= 11 is 1.67. The normalized spacial score (nSPS) is 34.9. The van der Waals surface area contributed by atoms with Crippen molar-refractivity contribution in [1.29, 1.82) is 0 Å². The van der Waals surface area contributed by atoms with Gasteiger partial charge in [0.05, 0.1) is 5.56 Å². The minimum Gasteiger partial charge on any atom is -0.351 e. The summed E-state index contributed by atoms with van der Waals surface area (Å²) in [5.41, 5.74) is 1.27. The van der Waals surface area contributed by atoms with Crippen LogP contribution in [0, 0.1) is 23.2 Å². The smallest absolute Gasteiger partial charge is 0.252 e. The monoisotopic (exact) mass is 325 g/mol. The Balaban J connectivity index is 1.33. The molecule has 1 aromatic heterocycles. The van der Waals surface area contributed by atoms with E-state index in [-0.39, 0.29) is 5.91 Å².